The Labute approximate surface area is 132 Å². The molecule has 0 radical (unpaired) electrons. The van der Waals surface area contributed by atoms with Gasteiger partial charge in [-0.25, -0.2) is 0 Å². The van der Waals surface area contributed by atoms with Crippen molar-refractivity contribution in [1.29, 1.82) is 0 Å². The van der Waals surface area contributed by atoms with Gasteiger partial charge in [-0.15, -0.1) is 11.3 Å². The topological polar surface area (TPSA) is 15.6 Å². The van der Waals surface area contributed by atoms with E-state index in [1.165, 1.54) is 44.9 Å². The average Bonchev–Trinajstić information content (AvgIpc) is 2.89. The highest BCUT2D eigenvalue weighted by atomic mass is 32.2. The van der Waals surface area contributed by atoms with Crippen LogP contribution in [0.1, 0.15) is 24.0 Å². The van der Waals surface area contributed by atoms with Gasteiger partial charge in [0.05, 0.1) is 12.2 Å². The molecule has 106 valence electrons. The van der Waals surface area contributed by atoms with E-state index in [1.807, 2.05) is 23.1 Å². The smallest absolute Gasteiger partial charge is 0.168 e. The fourth-order valence-corrected chi connectivity index (χ4v) is 5.58. The third-order valence-electron chi connectivity index (χ3n) is 4.51. The molecule has 5 rings (SSSR count). The van der Waals surface area contributed by atoms with Crippen LogP contribution in [0, 0.1) is 12.8 Å². The van der Waals surface area contributed by atoms with Crippen molar-refractivity contribution in [1.82, 2.24) is 4.90 Å². The molecule has 4 heteroatoms. The number of benzene rings is 1. The van der Waals surface area contributed by atoms with Crippen LogP contribution in [0.2, 0.25) is 0 Å². The Morgan fingerprint density at radius 3 is 3.05 bits per heavy atom. The second-order valence-corrected chi connectivity index (χ2v) is 7.99. The summed E-state index contributed by atoms with van der Waals surface area (Å²) in [5.41, 5.74) is 4.24. The fraction of sp³-hybridized carbons (Fsp3) is 0.353. The summed E-state index contributed by atoms with van der Waals surface area (Å²) in [4.78, 5) is 8.70. The van der Waals surface area contributed by atoms with Gasteiger partial charge in [-0.1, -0.05) is 11.8 Å². The summed E-state index contributed by atoms with van der Waals surface area (Å²) in [6.07, 6.45) is 2.71. The molecule has 21 heavy (non-hydrogen) atoms. The molecule has 0 amide bonds. The summed E-state index contributed by atoms with van der Waals surface area (Å²) >= 11 is 3.77. The monoisotopic (exact) mass is 312 g/mol. The summed E-state index contributed by atoms with van der Waals surface area (Å²) in [6.45, 7) is 4.23. The van der Waals surface area contributed by atoms with E-state index in [4.69, 9.17) is 0 Å². The third-order valence-corrected chi connectivity index (χ3v) is 6.65. The van der Waals surface area contributed by atoms with Gasteiger partial charge in [0.15, 0.2) is 5.17 Å². The Bertz CT molecular complexity index is 811. The van der Waals surface area contributed by atoms with Crippen molar-refractivity contribution >= 4 is 44.0 Å². The molecular formula is C17H16N2S2. The number of rotatable bonds is 2. The number of nitrogens with zero attached hydrogens (tertiary/aromatic N) is 2. The second kappa shape index (κ2) is 4.37. The fourth-order valence-electron chi connectivity index (χ4n) is 3.31. The zero-order chi connectivity index (χ0) is 14.0. The van der Waals surface area contributed by atoms with Crippen LogP contribution in [0.3, 0.4) is 0 Å². The number of aliphatic imine (C=N–C) groups is 1. The van der Waals surface area contributed by atoms with Crippen LogP contribution in [0.15, 0.2) is 33.5 Å². The molecule has 0 saturated heterocycles. The van der Waals surface area contributed by atoms with E-state index in [9.17, 15) is 0 Å². The highest BCUT2D eigenvalue weighted by molar-refractivity contribution is 8.17. The minimum absolute atomic E-state index is 0.789. The van der Waals surface area contributed by atoms with E-state index in [1.54, 1.807) is 4.91 Å². The summed E-state index contributed by atoms with van der Waals surface area (Å²) in [5, 5.41) is 4.83. The van der Waals surface area contributed by atoms with Crippen molar-refractivity contribution in [2.45, 2.75) is 19.8 Å². The van der Waals surface area contributed by atoms with E-state index in [0.29, 0.717) is 0 Å². The van der Waals surface area contributed by atoms with Gasteiger partial charge >= 0.3 is 0 Å². The van der Waals surface area contributed by atoms with Crippen LogP contribution < -0.4 is 0 Å². The molecule has 2 nitrogen and oxygen atoms in total. The number of allylic oxidation sites excluding steroid dienone is 1. The highest BCUT2D eigenvalue weighted by Gasteiger charge is 2.40. The SMILES string of the molecule is Cc1cc(C2=C(C3CC3)SC3=NCCN32)cc2sccc12. The van der Waals surface area contributed by atoms with E-state index >= 15 is 0 Å². The van der Waals surface area contributed by atoms with Crippen LogP contribution in [0.4, 0.5) is 0 Å². The van der Waals surface area contributed by atoms with Gasteiger partial charge in [0.25, 0.3) is 0 Å². The summed E-state index contributed by atoms with van der Waals surface area (Å²) in [6, 6.07) is 6.99. The molecule has 0 spiro atoms. The normalized spacial score (nSPS) is 21.4. The lowest BCUT2D eigenvalue weighted by Gasteiger charge is -2.18. The van der Waals surface area contributed by atoms with Crippen LogP contribution in [-0.2, 0) is 0 Å². The quantitative estimate of drug-likeness (QED) is 0.798. The lowest BCUT2D eigenvalue weighted by atomic mass is 10.0. The lowest BCUT2D eigenvalue weighted by molar-refractivity contribution is 0.645. The molecule has 3 heterocycles. The second-order valence-electron chi connectivity index (χ2n) is 6.03. The molecule has 0 bridgehead atoms. The maximum absolute atomic E-state index is 4.68. The number of hydrogen-bond donors (Lipinski definition) is 0. The first-order chi connectivity index (χ1) is 10.3. The van der Waals surface area contributed by atoms with Gasteiger partial charge < -0.3 is 4.90 Å². The first kappa shape index (κ1) is 12.3. The first-order valence-corrected chi connectivity index (χ1v) is 9.23. The lowest BCUT2D eigenvalue weighted by Crippen LogP contribution is -2.20. The summed E-state index contributed by atoms with van der Waals surface area (Å²) in [7, 11) is 0. The van der Waals surface area contributed by atoms with Gasteiger partial charge in [-0.05, 0) is 60.2 Å². The van der Waals surface area contributed by atoms with Crippen molar-refractivity contribution < 1.29 is 0 Å². The van der Waals surface area contributed by atoms with E-state index in [-0.39, 0.29) is 0 Å². The molecule has 1 aromatic heterocycles. The first-order valence-electron chi connectivity index (χ1n) is 7.53. The minimum atomic E-state index is 0.789. The highest BCUT2D eigenvalue weighted by Crippen LogP contribution is 2.52. The van der Waals surface area contributed by atoms with Crippen LogP contribution >= 0.6 is 23.1 Å². The standard InChI is InChI=1S/C17H16N2S2/c1-10-8-12(9-14-13(10)4-7-20-14)15-16(11-2-3-11)21-17-18-5-6-19(15)17/h4,7-9,11H,2-3,5-6H2,1H3. The number of aryl methyl sites for hydroxylation is 1. The Morgan fingerprint density at radius 2 is 2.19 bits per heavy atom. The largest absolute Gasteiger partial charge is 0.318 e. The van der Waals surface area contributed by atoms with Crippen molar-refractivity contribution in [3.63, 3.8) is 0 Å². The van der Waals surface area contributed by atoms with Gasteiger partial charge in [0, 0.05) is 21.7 Å². The Morgan fingerprint density at radius 1 is 1.29 bits per heavy atom. The van der Waals surface area contributed by atoms with Crippen LogP contribution in [0.5, 0.6) is 0 Å². The number of fused-ring (bicyclic) bond motifs is 2. The van der Waals surface area contributed by atoms with Crippen molar-refractivity contribution in [3.05, 3.63) is 39.6 Å². The number of thioether (sulfide) groups is 1. The Kier molecular flexibility index (Phi) is 2.56. The average molecular weight is 312 g/mol. The van der Waals surface area contributed by atoms with Gasteiger partial charge in [-0.3, -0.25) is 4.99 Å². The van der Waals surface area contributed by atoms with Crippen molar-refractivity contribution in [2.75, 3.05) is 13.1 Å². The summed E-state index contributed by atoms with van der Waals surface area (Å²) in [5.74, 6) is 0.789. The molecule has 0 atom stereocenters. The predicted octanol–water partition coefficient (Wildman–Crippen LogP) is 4.71. The molecule has 0 unspecified atom stereocenters. The predicted molar refractivity (Wildman–Crippen MR) is 92.8 cm³/mol. The maximum Gasteiger partial charge on any atom is 0.168 e. The molecule has 2 aromatic rings. The van der Waals surface area contributed by atoms with E-state index in [0.717, 1.165) is 19.0 Å². The third kappa shape index (κ3) is 1.82. The van der Waals surface area contributed by atoms with Crippen LogP contribution in [-0.4, -0.2) is 23.2 Å². The molecule has 3 aliphatic rings. The minimum Gasteiger partial charge on any atom is -0.318 e. The van der Waals surface area contributed by atoms with E-state index < -0.39 is 0 Å². The molecule has 1 saturated carbocycles. The number of amidine groups is 1. The molecule has 1 aliphatic carbocycles. The zero-order valence-electron chi connectivity index (χ0n) is 11.9. The molecule has 1 aromatic carbocycles. The van der Waals surface area contributed by atoms with Gasteiger partial charge in [0.2, 0.25) is 0 Å². The van der Waals surface area contributed by atoms with Crippen LogP contribution in [0.25, 0.3) is 15.8 Å². The maximum atomic E-state index is 4.68. The Balaban J connectivity index is 1.72. The van der Waals surface area contributed by atoms with Gasteiger partial charge in [-0.2, -0.15) is 0 Å². The number of thiophene rings is 1. The molecule has 2 aliphatic heterocycles. The Hall–Kier alpha value is -1.26. The number of hydrogen-bond acceptors (Lipinski definition) is 4. The molecule has 0 N–H and O–H groups in total. The van der Waals surface area contributed by atoms with Crippen molar-refractivity contribution in [3.8, 4) is 0 Å². The molecular weight excluding hydrogens is 296 g/mol. The van der Waals surface area contributed by atoms with E-state index in [2.05, 4.69) is 40.4 Å². The summed E-state index contributed by atoms with van der Waals surface area (Å²) < 4.78 is 1.40. The van der Waals surface area contributed by atoms with Gasteiger partial charge in [0.1, 0.15) is 0 Å². The molecule has 1 fully saturated rings. The van der Waals surface area contributed by atoms with Crippen molar-refractivity contribution in [2.24, 2.45) is 10.9 Å². The zero-order valence-corrected chi connectivity index (χ0v) is 13.6.